The molecular weight excluding hydrogens is 624 g/mol. The summed E-state index contributed by atoms with van der Waals surface area (Å²) in [4.78, 5) is 40.8. The van der Waals surface area contributed by atoms with Crippen LogP contribution in [0.15, 0.2) is 97.1 Å². The zero-order valence-electron chi connectivity index (χ0n) is 27.3. The van der Waals surface area contributed by atoms with Gasteiger partial charge in [0.1, 0.15) is 11.5 Å². The number of aromatic nitrogens is 4. The van der Waals surface area contributed by atoms with E-state index in [1.165, 1.54) is 6.08 Å². The predicted octanol–water partition coefficient (Wildman–Crippen LogP) is 9.08. The number of carbonyl (C=O) groups excluding carboxylic acids is 2. The topological polar surface area (TPSA) is 110 Å². The minimum absolute atomic E-state index is 0.407. The first-order valence-corrected chi connectivity index (χ1v) is 16.9. The van der Waals surface area contributed by atoms with Crippen LogP contribution >= 0.6 is 0 Å². The van der Waals surface area contributed by atoms with Crippen molar-refractivity contribution in [3.63, 3.8) is 0 Å². The highest BCUT2D eigenvalue weighted by atomic mass is 16.5. The number of ketones is 2. The standard InChI is InChI=1S/C42H34N4O4/c47-40-26-41(36-7-3-4-8-37(36)42(40)48)50-20-6-2-1-5-19-49-35-17-9-27(10-18-35)38-24-34-23-32-14-13-30(44-32)21-28-11-12-29(43-28)22-31-15-16-33(45-31)25-39(38)46-34/h3-4,7-18,21-26,44,46H,1-2,5-6,19-20H2. The second-order valence-corrected chi connectivity index (χ2v) is 12.5. The molecule has 2 N–H and O–H groups in total. The second-order valence-electron chi connectivity index (χ2n) is 12.5. The molecule has 0 spiro atoms. The van der Waals surface area contributed by atoms with Crippen LogP contribution in [0.2, 0.25) is 0 Å². The van der Waals surface area contributed by atoms with E-state index in [2.05, 4.69) is 52.4 Å². The second kappa shape index (κ2) is 13.7. The Balaban J connectivity index is 0.904. The molecule has 2 aromatic carbocycles. The van der Waals surface area contributed by atoms with Crippen molar-refractivity contribution in [1.82, 2.24) is 19.9 Å². The molecule has 8 rings (SSSR count). The molecule has 8 nitrogen and oxygen atoms in total. The van der Waals surface area contributed by atoms with Gasteiger partial charge in [-0.2, -0.15) is 0 Å². The molecule has 2 aliphatic heterocycles. The molecule has 0 saturated heterocycles. The molecule has 8 heteroatoms. The number of ether oxygens (including phenoxy) is 2. The minimum Gasteiger partial charge on any atom is -0.494 e. The number of nitrogens with one attached hydrogen (secondary N) is 2. The van der Waals surface area contributed by atoms with Crippen LogP contribution in [0.1, 0.15) is 64.4 Å². The SMILES string of the molecule is O=C1C=C(OCCCCCCOc2ccc(-c3cc4cc5ccc(cc6nc(cc7nc(cc3[nH]4)C=C7)C=C6)[nH]5)cc2)c2ccccc2C1=O. The van der Waals surface area contributed by atoms with Gasteiger partial charge in [-0.25, -0.2) is 9.97 Å². The molecule has 0 saturated carbocycles. The van der Waals surface area contributed by atoms with E-state index in [9.17, 15) is 9.59 Å². The number of hydrogen-bond donors (Lipinski definition) is 2. The molecule has 246 valence electrons. The highest BCUT2D eigenvalue weighted by Crippen LogP contribution is 2.30. The van der Waals surface area contributed by atoms with Gasteiger partial charge in [0.05, 0.1) is 36.0 Å². The Morgan fingerprint density at radius 3 is 1.92 bits per heavy atom. The number of carbonyl (C=O) groups is 2. The molecule has 0 unspecified atom stereocenters. The van der Waals surface area contributed by atoms with Crippen LogP contribution in [0.3, 0.4) is 0 Å². The summed E-state index contributed by atoms with van der Waals surface area (Å²) in [6, 6.07) is 29.8. The van der Waals surface area contributed by atoms with Crippen molar-refractivity contribution < 1.29 is 19.1 Å². The van der Waals surface area contributed by atoms with Crippen LogP contribution in [-0.4, -0.2) is 44.7 Å². The maximum absolute atomic E-state index is 12.1. The lowest BCUT2D eigenvalue weighted by Crippen LogP contribution is -2.19. The number of unbranched alkanes of at least 4 members (excludes halogenated alkanes) is 3. The first kappa shape index (κ1) is 31.0. The zero-order chi connectivity index (χ0) is 33.9. The van der Waals surface area contributed by atoms with Gasteiger partial charge in [0, 0.05) is 44.8 Å². The first-order valence-electron chi connectivity index (χ1n) is 16.9. The lowest BCUT2D eigenvalue weighted by atomic mass is 9.94. The van der Waals surface area contributed by atoms with Crippen molar-refractivity contribution in [1.29, 1.82) is 0 Å². The molecule has 0 amide bonds. The van der Waals surface area contributed by atoms with E-state index in [4.69, 9.17) is 19.4 Å². The Kier molecular flexibility index (Phi) is 8.49. The number of nitrogens with zero attached hydrogens (tertiary/aromatic N) is 2. The minimum atomic E-state index is -0.534. The summed E-state index contributed by atoms with van der Waals surface area (Å²) < 4.78 is 12.0. The van der Waals surface area contributed by atoms with Crippen LogP contribution < -0.4 is 4.74 Å². The molecule has 8 bridgehead atoms. The van der Waals surface area contributed by atoms with Crippen LogP contribution in [0, 0.1) is 0 Å². The molecular formula is C42H34N4O4. The van der Waals surface area contributed by atoms with Crippen molar-refractivity contribution in [3.8, 4) is 16.9 Å². The maximum Gasteiger partial charge on any atom is 0.233 e. The third-order valence-corrected chi connectivity index (χ3v) is 8.82. The van der Waals surface area contributed by atoms with E-state index < -0.39 is 11.6 Å². The summed E-state index contributed by atoms with van der Waals surface area (Å²) in [5.74, 6) is 0.289. The van der Waals surface area contributed by atoms with Gasteiger partial charge in [0.2, 0.25) is 11.6 Å². The van der Waals surface area contributed by atoms with E-state index in [1.54, 1.807) is 12.1 Å². The van der Waals surface area contributed by atoms with Crippen molar-refractivity contribution in [2.24, 2.45) is 0 Å². The predicted molar refractivity (Wildman–Crippen MR) is 198 cm³/mol. The van der Waals surface area contributed by atoms with Crippen molar-refractivity contribution >= 4 is 63.7 Å². The van der Waals surface area contributed by atoms with E-state index >= 15 is 0 Å². The summed E-state index contributed by atoms with van der Waals surface area (Å²) in [7, 11) is 0. The largest absolute Gasteiger partial charge is 0.494 e. The lowest BCUT2D eigenvalue weighted by Gasteiger charge is -2.16. The summed E-state index contributed by atoms with van der Waals surface area (Å²) in [6.07, 6.45) is 13.1. The molecule has 3 aliphatic rings. The average molecular weight is 659 g/mol. The maximum atomic E-state index is 12.1. The van der Waals surface area contributed by atoms with Crippen LogP contribution in [0.25, 0.3) is 63.3 Å². The molecule has 3 aromatic heterocycles. The first-order chi connectivity index (χ1) is 24.5. The van der Waals surface area contributed by atoms with Gasteiger partial charge in [-0.05, 0) is 110 Å². The number of rotatable bonds is 10. The van der Waals surface area contributed by atoms with Crippen molar-refractivity contribution in [2.75, 3.05) is 13.2 Å². The summed E-state index contributed by atoms with van der Waals surface area (Å²) in [5, 5.41) is 0. The molecule has 0 atom stereocenters. The van der Waals surface area contributed by atoms with Crippen molar-refractivity contribution in [2.45, 2.75) is 25.7 Å². The van der Waals surface area contributed by atoms with Crippen LogP contribution in [0.5, 0.6) is 5.75 Å². The number of Topliss-reactive ketones (excluding diaryl/α,β-unsaturated/α-hetero) is 1. The van der Waals surface area contributed by atoms with Gasteiger partial charge >= 0.3 is 0 Å². The Morgan fingerprint density at radius 1 is 0.540 bits per heavy atom. The lowest BCUT2D eigenvalue weighted by molar-refractivity contribution is -0.111. The van der Waals surface area contributed by atoms with Gasteiger partial charge in [0.15, 0.2) is 0 Å². The fourth-order valence-corrected chi connectivity index (χ4v) is 6.33. The van der Waals surface area contributed by atoms with E-state index in [0.717, 1.165) is 87.4 Å². The molecule has 5 aromatic rings. The zero-order valence-corrected chi connectivity index (χ0v) is 27.3. The van der Waals surface area contributed by atoms with Gasteiger partial charge in [-0.1, -0.05) is 36.4 Å². The third-order valence-electron chi connectivity index (χ3n) is 8.82. The van der Waals surface area contributed by atoms with Gasteiger partial charge in [0.25, 0.3) is 0 Å². The van der Waals surface area contributed by atoms with Crippen molar-refractivity contribution in [3.05, 3.63) is 131 Å². The molecule has 1 aliphatic carbocycles. The number of fused-ring (bicyclic) bond motifs is 9. The Labute approximate surface area is 288 Å². The number of aromatic amines is 2. The highest BCUT2D eigenvalue weighted by molar-refractivity contribution is 6.50. The van der Waals surface area contributed by atoms with Gasteiger partial charge < -0.3 is 19.4 Å². The molecule has 50 heavy (non-hydrogen) atoms. The fraction of sp³-hybridized carbons (Fsp3) is 0.143. The van der Waals surface area contributed by atoms with Gasteiger partial charge in [-0.3, -0.25) is 9.59 Å². The number of benzene rings is 2. The monoisotopic (exact) mass is 658 g/mol. The van der Waals surface area contributed by atoms with Gasteiger partial charge in [-0.15, -0.1) is 0 Å². The van der Waals surface area contributed by atoms with E-state index in [0.29, 0.717) is 30.1 Å². The van der Waals surface area contributed by atoms with Crippen LogP contribution in [-0.2, 0) is 9.53 Å². The Hall–Kier alpha value is -6.28. The van der Waals surface area contributed by atoms with E-state index in [1.807, 2.05) is 60.7 Å². The molecule has 0 radical (unpaired) electrons. The average Bonchev–Trinajstić information content (AvgIpc) is 3.94. The smallest absolute Gasteiger partial charge is 0.233 e. The Morgan fingerprint density at radius 2 is 1.18 bits per heavy atom. The fourth-order valence-electron chi connectivity index (χ4n) is 6.33. The summed E-state index contributed by atoms with van der Waals surface area (Å²) >= 11 is 0. The molecule has 0 fully saturated rings. The summed E-state index contributed by atoms with van der Waals surface area (Å²) in [6.45, 7) is 1.11. The van der Waals surface area contributed by atoms with E-state index in [-0.39, 0.29) is 0 Å². The highest BCUT2D eigenvalue weighted by Gasteiger charge is 2.26. The Bertz CT molecular complexity index is 2380. The summed E-state index contributed by atoms with van der Waals surface area (Å²) in [5.41, 5.74) is 10.7. The van der Waals surface area contributed by atoms with Crippen LogP contribution in [0.4, 0.5) is 0 Å². The number of allylic oxidation sites excluding steroid dienone is 1. The molecule has 5 heterocycles. The number of hydrogen-bond acceptors (Lipinski definition) is 6. The normalized spacial score (nSPS) is 13.3. The third kappa shape index (κ3) is 6.82. The quantitative estimate of drug-likeness (QED) is 0.112. The number of H-pyrrole nitrogens is 2.